The molecule has 4 rings (SSSR count). The van der Waals surface area contributed by atoms with Crippen LogP contribution in [-0.4, -0.2) is 41.0 Å². The zero-order valence-corrected chi connectivity index (χ0v) is 15.6. The Balaban J connectivity index is 1.36. The first-order valence-electron chi connectivity index (χ1n) is 9.04. The Labute approximate surface area is 166 Å². The molecule has 9 nitrogen and oxygen atoms in total. The minimum Gasteiger partial charge on any atom is -0.497 e. The van der Waals surface area contributed by atoms with E-state index >= 15 is 0 Å². The number of methoxy groups -OCH3 is 1. The van der Waals surface area contributed by atoms with E-state index in [1.807, 2.05) is 24.3 Å². The third kappa shape index (κ3) is 3.75. The number of urea groups is 1. The van der Waals surface area contributed by atoms with Gasteiger partial charge in [0.1, 0.15) is 17.6 Å². The van der Waals surface area contributed by atoms with Gasteiger partial charge in [0.25, 0.3) is 5.91 Å². The summed E-state index contributed by atoms with van der Waals surface area (Å²) < 4.78 is 5.08. The average molecular weight is 393 g/mol. The minimum absolute atomic E-state index is 0.155. The number of benzene rings is 2. The Morgan fingerprint density at radius 1 is 1.17 bits per heavy atom. The van der Waals surface area contributed by atoms with Crippen LogP contribution in [0.3, 0.4) is 0 Å². The molecule has 0 aliphatic carbocycles. The Morgan fingerprint density at radius 3 is 2.66 bits per heavy atom. The monoisotopic (exact) mass is 393 g/mol. The van der Waals surface area contributed by atoms with E-state index in [1.54, 1.807) is 24.3 Å². The van der Waals surface area contributed by atoms with Gasteiger partial charge in [-0.3, -0.25) is 9.59 Å². The van der Waals surface area contributed by atoms with Crippen LogP contribution < -0.4 is 20.3 Å². The number of ether oxygens (including phenoxy) is 1. The third-order valence-electron chi connectivity index (χ3n) is 4.63. The molecule has 148 valence electrons. The first-order valence-corrected chi connectivity index (χ1v) is 9.04. The second-order valence-corrected chi connectivity index (χ2v) is 6.56. The predicted octanol–water partition coefficient (Wildman–Crippen LogP) is 1.70. The summed E-state index contributed by atoms with van der Waals surface area (Å²) in [5.74, 6) is 0.392. The van der Waals surface area contributed by atoms with Gasteiger partial charge >= 0.3 is 6.03 Å². The van der Waals surface area contributed by atoms with Crippen molar-refractivity contribution in [3.63, 3.8) is 0 Å². The van der Waals surface area contributed by atoms with Gasteiger partial charge in [-0.15, -0.1) is 0 Å². The molecule has 3 N–H and O–H groups in total. The molecule has 1 fully saturated rings. The summed E-state index contributed by atoms with van der Waals surface area (Å²) in [6, 6.07) is 12.6. The Bertz CT molecular complexity index is 1040. The Hall–Kier alpha value is -3.88. The number of para-hydroxylation sites is 2. The number of anilines is 1. The number of imidazole rings is 1. The summed E-state index contributed by atoms with van der Waals surface area (Å²) in [5.41, 5.74) is 2.11. The highest BCUT2D eigenvalue weighted by Gasteiger charge is 2.40. The van der Waals surface area contributed by atoms with Gasteiger partial charge in [-0.05, 0) is 36.4 Å². The molecule has 4 amide bonds. The summed E-state index contributed by atoms with van der Waals surface area (Å²) in [4.78, 5) is 45.6. The lowest BCUT2D eigenvalue weighted by atomic mass is 10.2. The van der Waals surface area contributed by atoms with Crippen molar-refractivity contribution >= 4 is 34.6 Å². The molecule has 2 heterocycles. The quantitative estimate of drug-likeness (QED) is 0.551. The fourth-order valence-electron chi connectivity index (χ4n) is 3.17. The molecule has 9 heteroatoms. The van der Waals surface area contributed by atoms with Crippen LogP contribution in [0, 0.1) is 0 Å². The van der Waals surface area contributed by atoms with Crippen LogP contribution in [0.2, 0.25) is 0 Å². The number of hydrogen-bond acceptors (Lipinski definition) is 5. The largest absolute Gasteiger partial charge is 0.497 e. The van der Waals surface area contributed by atoms with E-state index in [1.165, 1.54) is 7.11 Å². The fourth-order valence-corrected chi connectivity index (χ4v) is 3.17. The number of nitrogens with one attached hydrogen (secondary N) is 3. The summed E-state index contributed by atoms with van der Waals surface area (Å²) in [5, 5.41) is 5.27. The van der Waals surface area contributed by atoms with E-state index in [2.05, 4.69) is 20.6 Å². The number of H-pyrrole nitrogens is 1. The summed E-state index contributed by atoms with van der Waals surface area (Å²) in [7, 11) is 1.53. The number of fused-ring (bicyclic) bond motifs is 1. The molecular formula is C20H19N5O4. The Kier molecular flexibility index (Phi) is 4.86. The fraction of sp³-hybridized carbons (Fsp3) is 0.200. The number of aromatic amines is 1. The molecule has 1 atom stereocenters. The second kappa shape index (κ2) is 7.63. The molecule has 0 radical (unpaired) electrons. The number of imide groups is 1. The maximum atomic E-state index is 12.6. The van der Waals surface area contributed by atoms with Crippen molar-refractivity contribution in [3.05, 3.63) is 54.4 Å². The van der Waals surface area contributed by atoms with Crippen molar-refractivity contribution in [1.29, 1.82) is 0 Å². The number of rotatable bonds is 6. The molecule has 0 saturated carbocycles. The maximum Gasteiger partial charge on any atom is 0.329 e. The van der Waals surface area contributed by atoms with Crippen LogP contribution in [-0.2, 0) is 16.1 Å². The van der Waals surface area contributed by atoms with Gasteiger partial charge in [0.15, 0.2) is 0 Å². The van der Waals surface area contributed by atoms with Crippen molar-refractivity contribution in [2.24, 2.45) is 0 Å². The number of nitrogens with zero attached hydrogens (tertiary/aromatic N) is 2. The van der Waals surface area contributed by atoms with Crippen molar-refractivity contribution in [2.45, 2.75) is 19.0 Å². The van der Waals surface area contributed by atoms with Gasteiger partial charge in [0.05, 0.1) is 36.8 Å². The van der Waals surface area contributed by atoms with Crippen molar-refractivity contribution in [1.82, 2.24) is 20.6 Å². The highest BCUT2D eigenvalue weighted by molar-refractivity contribution is 6.22. The third-order valence-corrected chi connectivity index (χ3v) is 4.63. The average Bonchev–Trinajstić information content (AvgIpc) is 3.27. The summed E-state index contributed by atoms with van der Waals surface area (Å²) >= 11 is 0. The number of hydrogen-bond donors (Lipinski definition) is 3. The van der Waals surface area contributed by atoms with E-state index in [0.29, 0.717) is 17.3 Å². The highest BCUT2D eigenvalue weighted by Crippen LogP contribution is 2.23. The van der Waals surface area contributed by atoms with E-state index in [-0.39, 0.29) is 18.9 Å². The van der Waals surface area contributed by atoms with Crippen molar-refractivity contribution in [3.8, 4) is 5.75 Å². The van der Waals surface area contributed by atoms with Crippen molar-refractivity contribution in [2.75, 3.05) is 12.0 Å². The number of amides is 4. The molecule has 0 spiro atoms. The number of aromatic nitrogens is 2. The lowest BCUT2D eigenvalue weighted by Gasteiger charge is -2.13. The first kappa shape index (κ1) is 18.5. The lowest BCUT2D eigenvalue weighted by Crippen LogP contribution is -2.36. The lowest BCUT2D eigenvalue weighted by molar-refractivity contribution is -0.125. The number of carbonyl (C=O) groups is 3. The van der Waals surface area contributed by atoms with Gasteiger partial charge in [-0.1, -0.05) is 12.1 Å². The second-order valence-electron chi connectivity index (χ2n) is 6.56. The predicted molar refractivity (Wildman–Crippen MR) is 105 cm³/mol. The minimum atomic E-state index is -0.916. The van der Waals surface area contributed by atoms with Crippen LogP contribution in [0.1, 0.15) is 12.2 Å². The topological polar surface area (TPSA) is 116 Å². The molecular weight excluding hydrogens is 374 g/mol. The van der Waals surface area contributed by atoms with Gasteiger partial charge in [-0.2, -0.15) is 0 Å². The first-order chi connectivity index (χ1) is 14.0. The maximum absolute atomic E-state index is 12.6. The molecule has 29 heavy (non-hydrogen) atoms. The van der Waals surface area contributed by atoms with E-state index < -0.39 is 18.0 Å². The zero-order valence-electron chi connectivity index (χ0n) is 15.6. The molecule has 1 saturated heterocycles. The summed E-state index contributed by atoms with van der Waals surface area (Å²) in [6.07, 6.45) is -0.155. The van der Waals surface area contributed by atoms with E-state index in [9.17, 15) is 14.4 Å². The molecule has 0 bridgehead atoms. The Morgan fingerprint density at radius 2 is 1.93 bits per heavy atom. The summed E-state index contributed by atoms with van der Waals surface area (Å²) in [6.45, 7) is 0.199. The van der Waals surface area contributed by atoms with Gasteiger partial charge in [0.2, 0.25) is 5.91 Å². The highest BCUT2D eigenvalue weighted by atomic mass is 16.5. The molecule has 0 unspecified atom stereocenters. The molecule has 1 aliphatic heterocycles. The van der Waals surface area contributed by atoms with Crippen LogP contribution in [0.4, 0.5) is 10.5 Å². The molecule has 1 aliphatic rings. The standard InChI is InChI=1S/C20H19N5O4/c1-29-13-8-6-12(7-9-13)25-19(27)16(24-20(25)28)10-18(26)21-11-17-22-14-4-2-3-5-15(14)23-17/h2-9,16H,10-11H2,1H3,(H,21,26)(H,22,23)(H,24,28)/t16-/m0/s1. The van der Waals surface area contributed by atoms with Crippen LogP contribution >= 0.6 is 0 Å². The molecule has 3 aromatic rings. The van der Waals surface area contributed by atoms with Crippen LogP contribution in [0.15, 0.2) is 48.5 Å². The van der Waals surface area contributed by atoms with Gasteiger partial charge in [0, 0.05) is 0 Å². The smallest absolute Gasteiger partial charge is 0.329 e. The van der Waals surface area contributed by atoms with Gasteiger partial charge in [-0.25, -0.2) is 14.7 Å². The van der Waals surface area contributed by atoms with Crippen molar-refractivity contribution < 1.29 is 19.1 Å². The van der Waals surface area contributed by atoms with E-state index in [0.717, 1.165) is 15.9 Å². The molecule has 1 aromatic heterocycles. The van der Waals surface area contributed by atoms with Crippen LogP contribution in [0.5, 0.6) is 5.75 Å². The molecule has 2 aromatic carbocycles. The number of carbonyl (C=O) groups excluding carboxylic acids is 3. The van der Waals surface area contributed by atoms with Crippen LogP contribution in [0.25, 0.3) is 11.0 Å². The zero-order chi connectivity index (χ0) is 20.4. The SMILES string of the molecule is COc1ccc(N2C(=O)N[C@@H](CC(=O)NCc3nc4ccccc4[nH]3)C2=O)cc1. The van der Waals surface area contributed by atoms with E-state index in [4.69, 9.17) is 4.74 Å². The normalized spacial score (nSPS) is 16.2. The van der Waals surface area contributed by atoms with Gasteiger partial charge < -0.3 is 20.4 Å².